The molecule has 0 fully saturated rings. The van der Waals surface area contributed by atoms with Crippen LogP contribution >= 0.6 is 36.7 Å². The smallest absolute Gasteiger partial charge is 0.415 e. The van der Waals surface area contributed by atoms with Crippen molar-refractivity contribution in [1.29, 1.82) is 0 Å². The van der Waals surface area contributed by atoms with Crippen LogP contribution in [0.5, 0.6) is 0 Å². The molecule has 0 unspecified atom stereocenters. The Morgan fingerprint density at radius 2 is 0.692 bits per heavy atom. The maximum Gasteiger partial charge on any atom is 3.00 e. The van der Waals surface area contributed by atoms with E-state index in [0.29, 0.717) is 0 Å². The first-order valence-electron chi connectivity index (χ1n) is 2.09. The molecule has 0 saturated carbocycles. The minimum atomic E-state index is 0. The van der Waals surface area contributed by atoms with Gasteiger partial charge in [-0.2, -0.15) is 0 Å². The van der Waals surface area contributed by atoms with Crippen LogP contribution in [0.2, 0.25) is 0 Å². The van der Waals surface area contributed by atoms with Crippen molar-refractivity contribution in [2.24, 2.45) is 17.2 Å². The van der Waals surface area contributed by atoms with Crippen molar-refractivity contribution in [3.05, 3.63) is 0 Å². The van der Waals surface area contributed by atoms with Crippen LogP contribution in [-0.4, -0.2) is 13.0 Å². The first-order chi connectivity index (χ1) is 5.20. The van der Waals surface area contributed by atoms with E-state index in [9.17, 15) is 0 Å². The normalized spacial score (nSPS) is 5.54. The summed E-state index contributed by atoms with van der Waals surface area (Å²) in [6.07, 6.45) is 0. The monoisotopic (exact) mass is 378 g/mol. The van der Waals surface area contributed by atoms with Crippen LogP contribution in [0.25, 0.3) is 0 Å². The summed E-state index contributed by atoms with van der Waals surface area (Å²) in [5, 5.41) is 0. The molecule has 0 aliphatic rings. The fourth-order valence-electron chi connectivity index (χ4n) is 0. The molecule has 0 aliphatic heterocycles. The zero-order chi connectivity index (χ0) is 10.7. The number of thiocarbonyl (C=S) groups is 3. The van der Waals surface area contributed by atoms with Gasteiger partial charge in [-0.15, -0.1) is 0 Å². The number of nitrogens with two attached hydrogens (primary N) is 3. The Bertz CT molecular complexity index is 121. The van der Waals surface area contributed by atoms with Gasteiger partial charge in [0.25, 0.3) is 0 Å². The van der Waals surface area contributed by atoms with Gasteiger partial charge < -0.3 is 91.7 Å². The fraction of sp³-hybridized carbons (Fsp3) is 0. The summed E-state index contributed by atoms with van der Waals surface area (Å²) >= 11 is 24.8. The first-order valence-corrected chi connectivity index (χ1v) is 4.54. The third-order valence-corrected chi connectivity index (χ3v) is 0. The molecule has 0 saturated heterocycles. The Morgan fingerprint density at radius 1 is 0.692 bits per heavy atom. The molecule has 0 spiro atoms. The zero-order valence-corrected chi connectivity index (χ0v) is 12.7. The zero-order valence-electron chi connectivity index (χ0n) is 6.04. The Kier molecular flexibility index (Phi) is 34.0. The molecule has 0 aromatic carbocycles. The van der Waals surface area contributed by atoms with Crippen LogP contribution < -0.4 is 17.2 Å². The summed E-state index contributed by atoms with van der Waals surface area (Å²) in [6, 6.07) is 0. The van der Waals surface area contributed by atoms with Gasteiger partial charge in [-0.05, 0) is 0 Å². The molecule has 0 rings (SSSR count). The molecule has 0 aromatic heterocycles. The van der Waals surface area contributed by atoms with Gasteiger partial charge in [0.1, 0.15) is 0 Å². The second-order valence-electron chi connectivity index (χ2n) is 0.957. The maximum absolute atomic E-state index is 4.66. The van der Waals surface area contributed by atoms with Crippen LogP contribution in [0, 0.1) is 0 Å². The van der Waals surface area contributed by atoms with E-state index in [1.165, 1.54) is 0 Å². The molecule has 3 nitrogen and oxygen atoms in total. The minimum Gasteiger partial charge on any atom is -0.415 e. The second kappa shape index (κ2) is 18.7. The molecule has 0 aromatic rings. The van der Waals surface area contributed by atoms with Crippen LogP contribution in [0.1, 0.15) is 0 Å². The molecule has 0 atom stereocenters. The van der Waals surface area contributed by atoms with Gasteiger partial charge in [0.2, 0.25) is 0 Å². The summed E-state index contributed by atoms with van der Waals surface area (Å²) < 4.78 is 0.250. The van der Waals surface area contributed by atoms with Crippen molar-refractivity contribution in [3.63, 3.8) is 0 Å². The van der Waals surface area contributed by atoms with Crippen molar-refractivity contribution in [1.82, 2.24) is 0 Å². The van der Waals surface area contributed by atoms with E-state index >= 15 is 0 Å². The third kappa shape index (κ3) is 1710. The number of hydrogen-bond acceptors (Lipinski definition) is 6. The molecule has 0 bridgehead atoms. The van der Waals surface area contributed by atoms with Crippen LogP contribution in [-0.2, 0) is 57.4 Å². The van der Waals surface area contributed by atoms with E-state index < -0.39 is 0 Å². The minimum absolute atomic E-state index is 0. The predicted octanol–water partition coefficient (Wildman–Crippen LogP) is -0.672. The molecule has 1 radical (unpaired) electrons. The van der Waals surface area contributed by atoms with Crippen molar-refractivity contribution in [3.8, 4) is 0 Å². The Morgan fingerprint density at radius 3 is 0.692 bits per heavy atom. The van der Waals surface area contributed by atoms with Crippen molar-refractivity contribution >= 4 is 87.5 Å². The Hall–Kier alpha value is 0.953. The standard InChI is InChI=1S/3CH3NS2.Ru/c3*2-1(3)4;/h3*(H3,2,3,4);/q;;;+3/p-3. The quantitative estimate of drug-likeness (QED) is 0.289. The Labute approximate surface area is 123 Å². The predicted molar refractivity (Wildman–Crippen MR) is 72.5 cm³/mol. The van der Waals surface area contributed by atoms with Gasteiger partial charge in [-0.1, -0.05) is 13.0 Å². The molecule has 0 amide bonds. The van der Waals surface area contributed by atoms with Gasteiger partial charge in [0.05, 0.1) is 0 Å². The summed E-state index contributed by atoms with van der Waals surface area (Å²) in [7, 11) is 0. The van der Waals surface area contributed by atoms with Gasteiger partial charge in [-0.3, -0.25) is 0 Å². The van der Waals surface area contributed by atoms with E-state index in [-0.39, 0.29) is 32.4 Å². The van der Waals surface area contributed by atoms with Crippen molar-refractivity contribution < 1.29 is 19.5 Å². The van der Waals surface area contributed by atoms with Crippen LogP contribution in [0.3, 0.4) is 0 Å². The molecular weight excluding hydrogens is 372 g/mol. The molecule has 13 heavy (non-hydrogen) atoms. The van der Waals surface area contributed by atoms with Gasteiger partial charge >= 0.3 is 19.5 Å². The molecule has 0 aliphatic carbocycles. The van der Waals surface area contributed by atoms with Crippen LogP contribution in [0.4, 0.5) is 0 Å². The molecule has 6 N–H and O–H groups in total. The van der Waals surface area contributed by atoms with Gasteiger partial charge in [0, 0.05) is 0 Å². The molecule has 77 valence electrons. The van der Waals surface area contributed by atoms with E-state index in [1.54, 1.807) is 0 Å². The summed E-state index contributed by atoms with van der Waals surface area (Å²) in [4.78, 5) is 0. The Balaban J connectivity index is -0.0000000450. The van der Waals surface area contributed by atoms with Gasteiger partial charge in [0.15, 0.2) is 0 Å². The average Bonchev–Trinajstić information content (AvgIpc) is 1.54. The largest absolute Gasteiger partial charge is 3.00 e. The van der Waals surface area contributed by atoms with Gasteiger partial charge in [-0.25, -0.2) is 0 Å². The number of hydrogen-bond donors (Lipinski definition) is 3. The van der Waals surface area contributed by atoms with Crippen LogP contribution in [0.15, 0.2) is 0 Å². The number of rotatable bonds is 0. The first kappa shape index (κ1) is 23.6. The summed E-state index contributed by atoms with van der Waals surface area (Å²) in [5.41, 5.74) is 14.0. The second-order valence-corrected chi connectivity index (χ2v) is 4.37. The van der Waals surface area contributed by atoms with E-state index in [4.69, 9.17) is 0 Å². The topological polar surface area (TPSA) is 78.1 Å². The van der Waals surface area contributed by atoms with Crippen molar-refractivity contribution in [2.45, 2.75) is 0 Å². The third-order valence-electron chi connectivity index (χ3n) is 0. The van der Waals surface area contributed by atoms with E-state index in [2.05, 4.69) is 91.7 Å². The van der Waals surface area contributed by atoms with E-state index in [1.807, 2.05) is 0 Å². The molecular formula is C3H6N3RuS6. The summed E-state index contributed by atoms with van der Waals surface area (Å²) in [6.45, 7) is 0. The SMILES string of the molecule is NC(=S)[S-].NC(=S)[S-].NC(=S)[S-].[Ru+3]. The molecule has 0 heterocycles. The van der Waals surface area contributed by atoms with Crippen molar-refractivity contribution in [2.75, 3.05) is 0 Å². The maximum atomic E-state index is 4.66. The molecule has 10 heteroatoms. The average molecular weight is 378 g/mol. The van der Waals surface area contributed by atoms with E-state index in [0.717, 1.165) is 0 Å². The fourth-order valence-corrected chi connectivity index (χ4v) is 0. The summed E-state index contributed by atoms with van der Waals surface area (Å²) in [5.74, 6) is 0.